The van der Waals surface area contributed by atoms with Crippen molar-refractivity contribution in [3.05, 3.63) is 35.1 Å². The van der Waals surface area contributed by atoms with Gasteiger partial charge in [-0.15, -0.1) is 15.0 Å². The Morgan fingerprint density at radius 2 is 2.13 bits per heavy atom. The summed E-state index contributed by atoms with van der Waals surface area (Å²) < 4.78 is 0. The molecule has 15 heavy (non-hydrogen) atoms. The minimum atomic E-state index is 0.508. The molecule has 5 nitrogen and oxygen atoms in total. The van der Waals surface area contributed by atoms with E-state index in [9.17, 15) is 0 Å². The summed E-state index contributed by atoms with van der Waals surface area (Å²) in [6.45, 7) is 0.508. The number of aromatic nitrogens is 4. The molecule has 2 aromatic rings. The summed E-state index contributed by atoms with van der Waals surface area (Å²) in [5.74, 6) is 0.623. The fourth-order valence-electron chi connectivity index (χ4n) is 1.19. The average Bonchev–Trinajstić information content (AvgIpc) is 2.68. The van der Waals surface area contributed by atoms with E-state index in [0.717, 1.165) is 5.69 Å². The van der Waals surface area contributed by atoms with Crippen LogP contribution in [0.25, 0.3) is 5.69 Å². The third-order valence-electron chi connectivity index (χ3n) is 1.89. The standard InChI is InChI=1S/C9H10ClN5/c10-7-3-1-2-4-8(7)15-13-9(5-6-11)12-14-15/h1-4H,5-6,11H2. The average molecular weight is 224 g/mol. The molecule has 0 atom stereocenters. The summed E-state index contributed by atoms with van der Waals surface area (Å²) in [7, 11) is 0. The van der Waals surface area contributed by atoms with Crippen molar-refractivity contribution >= 4 is 11.6 Å². The largest absolute Gasteiger partial charge is 0.330 e. The first-order valence-electron chi connectivity index (χ1n) is 4.55. The zero-order valence-corrected chi connectivity index (χ0v) is 8.72. The molecule has 0 amide bonds. The van der Waals surface area contributed by atoms with Gasteiger partial charge in [-0.2, -0.15) is 0 Å². The third kappa shape index (κ3) is 2.14. The predicted octanol–water partition coefficient (Wildman–Crippen LogP) is 0.817. The molecule has 1 aromatic heterocycles. The molecule has 0 fully saturated rings. The van der Waals surface area contributed by atoms with Gasteiger partial charge in [-0.1, -0.05) is 23.7 Å². The summed E-state index contributed by atoms with van der Waals surface area (Å²) in [5, 5.41) is 12.5. The Labute approximate surface area is 91.8 Å². The maximum atomic E-state index is 5.99. The number of hydrogen-bond acceptors (Lipinski definition) is 4. The number of tetrazole rings is 1. The lowest BCUT2D eigenvalue weighted by Gasteiger charge is -1.99. The molecule has 6 heteroatoms. The molecule has 0 aliphatic carbocycles. The van der Waals surface area contributed by atoms with Gasteiger partial charge in [0.05, 0.1) is 5.02 Å². The van der Waals surface area contributed by atoms with Gasteiger partial charge < -0.3 is 5.73 Å². The van der Waals surface area contributed by atoms with Crippen molar-refractivity contribution in [3.8, 4) is 5.69 Å². The maximum absolute atomic E-state index is 5.99. The van der Waals surface area contributed by atoms with Crippen LogP contribution < -0.4 is 5.73 Å². The third-order valence-corrected chi connectivity index (χ3v) is 2.21. The van der Waals surface area contributed by atoms with Crippen molar-refractivity contribution in [2.75, 3.05) is 6.54 Å². The number of para-hydroxylation sites is 1. The van der Waals surface area contributed by atoms with Crippen molar-refractivity contribution in [1.29, 1.82) is 0 Å². The molecule has 0 radical (unpaired) electrons. The summed E-state index contributed by atoms with van der Waals surface area (Å²) in [4.78, 5) is 1.41. The molecule has 0 unspecified atom stereocenters. The molecule has 78 valence electrons. The van der Waals surface area contributed by atoms with Gasteiger partial charge in [0.15, 0.2) is 5.82 Å². The van der Waals surface area contributed by atoms with Gasteiger partial charge in [0.1, 0.15) is 5.69 Å². The summed E-state index contributed by atoms with van der Waals surface area (Å²) in [6, 6.07) is 7.33. The van der Waals surface area contributed by atoms with Gasteiger partial charge >= 0.3 is 0 Å². The lowest BCUT2D eigenvalue weighted by molar-refractivity contribution is 0.717. The summed E-state index contributed by atoms with van der Waals surface area (Å²) >= 11 is 5.99. The molecule has 0 spiro atoms. The van der Waals surface area contributed by atoms with E-state index in [1.165, 1.54) is 4.80 Å². The molecule has 1 heterocycles. The second-order valence-electron chi connectivity index (χ2n) is 2.99. The fourth-order valence-corrected chi connectivity index (χ4v) is 1.40. The monoisotopic (exact) mass is 223 g/mol. The zero-order valence-electron chi connectivity index (χ0n) is 7.97. The highest BCUT2D eigenvalue weighted by Crippen LogP contribution is 2.17. The molecule has 0 saturated heterocycles. The van der Waals surface area contributed by atoms with Crippen LogP contribution >= 0.6 is 11.6 Å². The first-order chi connectivity index (χ1) is 7.31. The van der Waals surface area contributed by atoms with Gasteiger partial charge in [0.25, 0.3) is 0 Å². The Bertz CT molecular complexity index is 453. The zero-order chi connectivity index (χ0) is 10.7. The van der Waals surface area contributed by atoms with Crippen LogP contribution in [-0.4, -0.2) is 26.8 Å². The van der Waals surface area contributed by atoms with Gasteiger partial charge in [-0.3, -0.25) is 0 Å². The van der Waals surface area contributed by atoms with E-state index in [0.29, 0.717) is 23.8 Å². The Kier molecular flexibility index (Phi) is 2.94. The Morgan fingerprint density at radius 1 is 1.33 bits per heavy atom. The van der Waals surface area contributed by atoms with Crippen LogP contribution in [0.2, 0.25) is 5.02 Å². The Balaban J connectivity index is 2.33. The van der Waals surface area contributed by atoms with Gasteiger partial charge in [-0.25, -0.2) is 0 Å². The molecule has 2 rings (SSSR count). The van der Waals surface area contributed by atoms with E-state index < -0.39 is 0 Å². The van der Waals surface area contributed by atoms with Crippen LogP contribution in [0.15, 0.2) is 24.3 Å². The number of nitrogens with two attached hydrogens (primary N) is 1. The second kappa shape index (κ2) is 4.37. The van der Waals surface area contributed by atoms with E-state index in [2.05, 4.69) is 15.4 Å². The molecule has 0 bridgehead atoms. The first kappa shape index (κ1) is 10.1. The summed E-state index contributed by atoms with van der Waals surface area (Å²) in [6.07, 6.45) is 0.616. The van der Waals surface area contributed by atoms with E-state index in [-0.39, 0.29) is 0 Å². The normalized spacial score (nSPS) is 10.5. The van der Waals surface area contributed by atoms with Gasteiger partial charge in [-0.05, 0) is 23.9 Å². The lowest BCUT2D eigenvalue weighted by Crippen LogP contribution is -2.05. The van der Waals surface area contributed by atoms with Crippen molar-refractivity contribution in [3.63, 3.8) is 0 Å². The summed E-state index contributed by atoms with van der Waals surface area (Å²) in [5.41, 5.74) is 6.11. The van der Waals surface area contributed by atoms with Crippen LogP contribution in [0.4, 0.5) is 0 Å². The Hall–Kier alpha value is -1.46. The highest BCUT2D eigenvalue weighted by Gasteiger charge is 2.06. The molecule has 0 aliphatic rings. The number of benzene rings is 1. The van der Waals surface area contributed by atoms with Gasteiger partial charge in [0.2, 0.25) is 0 Å². The predicted molar refractivity (Wildman–Crippen MR) is 56.9 cm³/mol. The number of rotatable bonds is 3. The van der Waals surface area contributed by atoms with Gasteiger partial charge in [0, 0.05) is 6.42 Å². The highest BCUT2D eigenvalue weighted by molar-refractivity contribution is 6.32. The minimum absolute atomic E-state index is 0.508. The topological polar surface area (TPSA) is 69.6 Å². The van der Waals surface area contributed by atoms with Crippen molar-refractivity contribution in [1.82, 2.24) is 20.2 Å². The maximum Gasteiger partial charge on any atom is 0.176 e. The minimum Gasteiger partial charge on any atom is -0.330 e. The quantitative estimate of drug-likeness (QED) is 0.836. The number of hydrogen-bond donors (Lipinski definition) is 1. The highest BCUT2D eigenvalue weighted by atomic mass is 35.5. The molecule has 0 aliphatic heterocycles. The van der Waals surface area contributed by atoms with E-state index >= 15 is 0 Å². The van der Waals surface area contributed by atoms with Crippen LogP contribution in [0.5, 0.6) is 0 Å². The van der Waals surface area contributed by atoms with Crippen LogP contribution in [-0.2, 0) is 6.42 Å². The van der Waals surface area contributed by atoms with E-state index in [1.807, 2.05) is 18.2 Å². The molecule has 1 aromatic carbocycles. The smallest absolute Gasteiger partial charge is 0.176 e. The van der Waals surface area contributed by atoms with Crippen molar-refractivity contribution < 1.29 is 0 Å². The van der Waals surface area contributed by atoms with Crippen molar-refractivity contribution in [2.45, 2.75) is 6.42 Å². The number of nitrogens with zero attached hydrogens (tertiary/aromatic N) is 4. The Morgan fingerprint density at radius 3 is 2.87 bits per heavy atom. The van der Waals surface area contributed by atoms with Crippen LogP contribution in [0.1, 0.15) is 5.82 Å². The number of halogens is 1. The first-order valence-corrected chi connectivity index (χ1v) is 4.93. The van der Waals surface area contributed by atoms with Crippen molar-refractivity contribution in [2.24, 2.45) is 5.73 Å². The van der Waals surface area contributed by atoms with Crippen LogP contribution in [0, 0.1) is 0 Å². The SMILES string of the molecule is NCCc1nnn(-c2ccccc2Cl)n1. The molecule has 0 saturated carbocycles. The fraction of sp³-hybridized carbons (Fsp3) is 0.222. The van der Waals surface area contributed by atoms with E-state index in [1.54, 1.807) is 6.07 Å². The lowest BCUT2D eigenvalue weighted by atomic mass is 10.3. The second-order valence-corrected chi connectivity index (χ2v) is 3.39. The molecular weight excluding hydrogens is 214 g/mol. The molecule has 2 N–H and O–H groups in total. The van der Waals surface area contributed by atoms with E-state index in [4.69, 9.17) is 17.3 Å². The van der Waals surface area contributed by atoms with Crippen LogP contribution in [0.3, 0.4) is 0 Å². The molecular formula is C9H10ClN5.